The largest absolute Gasteiger partial charge is 0.379 e. The molecule has 1 aromatic carbocycles. The van der Waals surface area contributed by atoms with Gasteiger partial charge < -0.3 is 19.8 Å². The molecule has 0 unspecified atom stereocenters. The zero-order valence-corrected chi connectivity index (χ0v) is 21.0. The number of fused-ring (bicyclic) bond motifs is 1. The average molecular weight is 548 g/mol. The number of imidazole rings is 1. The molecular formula is C24H33IN6O. The number of hydrogen-bond acceptors (Lipinski definition) is 4. The number of aliphatic imine (C=N–C) groups is 1. The summed E-state index contributed by atoms with van der Waals surface area (Å²) in [5, 5.41) is 6.80. The lowest BCUT2D eigenvalue weighted by molar-refractivity contribution is 0.0341. The Labute approximate surface area is 207 Å². The minimum absolute atomic E-state index is 0. The molecule has 1 aliphatic rings. The van der Waals surface area contributed by atoms with Gasteiger partial charge in [0, 0.05) is 51.5 Å². The number of aromatic nitrogens is 2. The minimum atomic E-state index is 0. The van der Waals surface area contributed by atoms with E-state index in [-0.39, 0.29) is 24.0 Å². The molecule has 0 aliphatic carbocycles. The van der Waals surface area contributed by atoms with Crippen molar-refractivity contribution >= 4 is 35.6 Å². The summed E-state index contributed by atoms with van der Waals surface area (Å²) in [6.07, 6.45) is 4.96. The Morgan fingerprint density at radius 1 is 1.06 bits per heavy atom. The van der Waals surface area contributed by atoms with Crippen molar-refractivity contribution in [1.82, 2.24) is 24.9 Å². The molecule has 0 saturated carbocycles. The molecule has 2 N–H and O–H groups in total. The van der Waals surface area contributed by atoms with Crippen LogP contribution in [0.5, 0.6) is 0 Å². The monoisotopic (exact) mass is 548 g/mol. The normalized spacial score (nSPS) is 14.8. The predicted octanol–water partition coefficient (Wildman–Crippen LogP) is 3.08. The van der Waals surface area contributed by atoms with Gasteiger partial charge in [-0.15, -0.1) is 24.0 Å². The van der Waals surface area contributed by atoms with Gasteiger partial charge in [-0.25, -0.2) is 9.98 Å². The Balaban J connectivity index is 0.00000289. The molecule has 0 atom stereocenters. The van der Waals surface area contributed by atoms with Gasteiger partial charge in [-0.05, 0) is 30.2 Å². The first-order valence-corrected chi connectivity index (χ1v) is 11.1. The molecule has 32 heavy (non-hydrogen) atoms. The van der Waals surface area contributed by atoms with Crippen LogP contribution in [0.1, 0.15) is 23.7 Å². The van der Waals surface area contributed by atoms with Gasteiger partial charge in [-0.2, -0.15) is 0 Å². The number of rotatable bonds is 8. The van der Waals surface area contributed by atoms with Crippen molar-refractivity contribution in [3.05, 3.63) is 71.7 Å². The summed E-state index contributed by atoms with van der Waals surface area (Å²) in [4.78, 5) is 12.0. The first-order chi connectivity index (χ1) is 15.3. The highest BCUT2D eigenvalue weighted by atomic mass is 127. The molecule has 2 aromatic heterocycles. The average Bonchev–Trinajstić information content (AvgIpc) is 3.22. The van der Waals surface area contributed by atoms with E-state index in [9.17, 15) is 0 Å². The van der Waals surface area contributed by atoms with Gasteiger partial charge in [-0.3, -0.25) is 4.90 Å². The van der Waals surface area contributed by atoms with E-state index in [0.717, 1.165) is 69.7 Å². The lowest BCUT2D eigenvalue weighted by Crippen LogP contribution is -2.38. The van der Waals surface area contributed by atoms with Gasteiger partial charge in [0.2, 0.25) is 0 Å². The number of pyridine rings is 1. The Hall–Kier alpha value is -2.17. The molecule has 0 bridgehead atoms. The highest BCUT2D eigenvalue weighted by molar-refractivity contribution is 14.0. The second kappa shape index (κ2) is 12.8. The van der Waals surface area contributed by atoms with Crippen molar-refractivity contribution in [2.75, 3.05) is 39.4 Å². The minimum Gasteiger partial charge on any atom is -0.379 e. The number of hydrogen-bond donors (Lipinski definition) is 2. The first-order valence-electron chi connectivity index (χ1n) is 11.1. The number of nitrogens with zero attached hydrogens (tertiary/aromatic N) is 4. The number of nitrogens with one attached hydrogen (secondary N) is 2. The maximum Gasteiger partial charge on any atom is 0.191 e. The molecule has 1 saturated heterocycles. The summed E-state index contributed by atoms with van der Waals surface area (Å²) in [5.41, 5.74) is 4.67. The van der Waals surface area contributed by atoms with Gasteiger partial charge in [0.15, 0.2) is 5.96 Å². The van der Waals surface area contributed by atoms with Crippen LogP contribution in [0.3, 0.4) is 0 Å². The summed E-state index contributed by atoms with van der Waals surface area (Å²) in [6.45, 7) is 8.93. The Kier molecular flexibility index (Phi) is 9.76. The number of ether oxygens (including phenoxy) is 1. The molecule has 3 aromatic rings. The Morgan fingerprint density at radius 3 is 2.62 bits per heavy atom. The molecule has 0 radical (unpaired) electrons. The fourth-order valence-electron chi connectivity index (χ4n) is 3.79. The van der Waals surface area contributed by atoms with Crippen molar-refractivity contribution in [3.63, 3.8) is 0 Å². The quantitative estimate of drug-likeness (QED) is 0.258. The fraction of sp³-hybridized carbons (Fsp3) is 0.417. The molecule has 172 valence electrons. The summed E-state index contributed by atoms with van der Waals surface area (Å²) in [7, 11) is 0. The third-order valence-electron chi connectivity index (χ3n) is 5.46. The van der Waals surface area contributed by atoms with Crippen LogP contribution in [0, 0.1) is 0 Å². The van der Waals surface area contributed by atoms with E-state index in [2.05, 4.69) is 62.3 Å². The molecule has 8 heteroatoms. The Morgan fingerprint density at radius 2 is 1.84 bits per heavy atom. The lowest BCUT2D eigenvalue weighted by atomic mass is 10.1. The van der Waals surface area contributed by atoms with E-state index >= 15 is 0 Å². The van der Waals surface area contributed by atoms with Crippen molar-refractivity contribution in [3.8, 4) is 0 Å². The second-order valence-corrected chi connectivity index (χ2v) is 7.73. The van der Waals surface area contributed by atoms with Gasteiger partial charge in [-0.1, -0.05) is 30.3 Å². The van der Waals surface area contributed by atoms with Crippen LogP contribution in [-0.4, -0.2) is 59.6 Å². The number of morpholine rings is 1. The van der Waals surface area contributed by atoms with Crippen molar-refractivity contribution in [1.29, 1.82) is 0 Å². The van der Waals surface area contributed by atoms with E-state index in [1.165, 1.54) is 11.1 Å². The number of halogens is 1. The van der Waals surface area contributed by atoms with Crippen LogP contribution in [0.15, 0.2) is 59.9 Å². The summed E-state index contributed by atoms with van der Waals surface area (Å²) >= 11 is 0. The van der Waals surface area contributed by atoms with E-state index in [1.54, 1.807) is 0 Å². The smallest absolute Gasteiger partial charge is 0.191 e. The summed E-state index contributed by atoms with van der Waals surface area (Å²) < 4.78 is 7.53. The molecule has 0 amide bonds. The van der Waals surface area contributed by atoms with Crippen LogP contribution in [0.2, 0.25) is 0 Å². The molecule has 3 heterocycles. The van der Waals surface area contributed by atoms with E-state index in [1.807, 2.05) is 24.4 Å². The predicted molar refractivity (Wildman–Crippen MR) is 140 cm³/mol. The zero-order chi connectivity index (χ0) is 21.3. The van der Waals surface area contributed by atoms with E-state index in [4.69, 9.17) is 9.73 Å². The maximum atomic E-state index is 5.47. The summed E-state index contributed by atoms with van der Waals surface area (Å²) in [6, 6.07) is 14.7. The highest BCUT2D eigenvalue weighted by Gasteiger charge is 2.12. The Bertz CT molecular complexity index is 966. The van der Waals surface area contributed by atoms with Crippen molar-refractivity contribution in [2.45, 2.75) is 26.4 Å². The topological polar surface area (TPSA) is 66.2 Å². The highest BCUT2D eigenvalue weighted by Crippen LogP contribution is 2.14. The van der Waals surface area contributed by atoms with Crippen LogP contribution in [0.25, 0.3) is 5.65 Å². The molecule has 7 nitrogen and oxygen atoms in total. The van der Waals surface area contributed by atoms with Crippen LogP contribution in [-0.2, 0) is 24.2 Å². The maximum absolute atomic E-state index is 5.47. The second-order valence-electron chi connectivity index (χ2n) is 7.73. The van der Waals surface area contributed by atoms with Gasteiger partial charge in [0.1, 0.15) is 5.65 Å². The van der Waals surface area contributed by atoms with E-state index < -0.39 is 0 Å². The third kappa shape index (κ3) is 6.91. The van der Waals surface area contributed by atoms with Crippen molar-refractivity contribution in [2.24, 2.45) is 4.99 Å². The number of guanidine groups is 1. The number of benzene rings is 1. The van der Waals surface area contributed by atoms with Gasteiger partial charge in [0.05, 0.1) is 25.5 Å². The SMILES string of the molecule is CCNC(=NCc1ccccc1CN1CCOCC1)NCCc1cn2ccccc2n1.I. The molecule has 1 aliphatic heterocycles. The van der Waals surface area contributed by atoms with Crippen LogP contribution < -0.4 is 10.6 Å². The molecule has 4 rings (SSSR count). The van der Waals surface area contributed by atoms with Crippen molar-refractivity contribution < 1.29 is 4.74 Å². The molecular weight excluding hydrogens is 515 g/mol. The first kappa shape index (κ1) is 24.5. The molecule has 0 spiro atoms. The zero-order valence-electron chi connectivity index (χ0n) is 18.7. The summed E-state index contributed by atoms with van der Waals surface area (Å²) in [5.74, 6) is 0.840. The standard InChI is InChI=1S/C24H32N6O.HI/c1-2-25-24(26-11-10-22-19-30-12-6-5-9-23(30)28-22)27-17-20-7-3-4-8-21(20)18-29-13-15-31-16-14-29;/h3-9,12,19H,2,10-11,13-18H2,1H3,(H2,25,26,27);1H. The van der Waals surface area contributed by atoms with Crippen LogP contribution >= 0.6 is 24.0 Å². The molecule has 1 fully saturated rings. The van der Waals surface area contributed by atoms with Crippen LogP contribution in [0.4, 0.5) is 0 Å². The van der Waals surface area contributed by atoms with E-state index in [0.29, 0.717) is 6.54 Å². The van der Waals surface area contributed by atoms with Gasteiger partial charge in [0.25, 0.3) is 0 Å². The third-order valence-corrected chi connectivity index (χ3v) is 5.46. The van der Waals surface area contributed by atoms with Gasteiger partial charge >= 0.3 is 0 Å². The lowest BCUT2D eigenvalue weighted by Gasteiger charge is -2.27. The fourth-order valence-corrected chi connectivity index (χ4v) is 3.79.